The highest BCUT2D eigenvalue weighted by atomic mass is 16.5. The first-order valence-electron chi connectivity index (χ1n) is 15.2. The third kappa shape index (κ3) is 16.0. The Labute approximate surface area is 287 Å². The monoisotopic (exact) mass is 684 g/mol. The number of carboxylic acids is 4. The summed E-state index contributed by atoms with van der Waals surface area (Å²) in [6.45, 7) is 14.9. The number of hydrogen-bond donors (Lipinski definition) is 6. The van der Waals surface area contributed by atoms with Crippen LogP contribution in [-0.4, -0.2) is 80.9 Å². The van der Waals surface area contributed by atoms with Gasteiger partial charge in [-0.1, -0.05) is 56.5 Å². The van der Waals surface area contributed by atoms with E-state index in [2.05, 4.69) is 13.2 Å². The van der Waals surface area contributed by atoms with Gasteiger partial charge in [0.15, 0.2) is 0 Å². The van der Waals surface area contributed by atoms with E-state index in [0.29, 0.717) is 37.6 Å². The Morgan fingerprint density at radius 2 is 0.918 bits per heavy atom. The first-order chi connectivity index (χ1) is 22.9. The van der Waals surface area contributed by atoms with E-state index >= 15 is 0 Å². The first-order valence-corrected chi connectivity index (χ1v) is 15.2. The summed E-state index contributed by atoms with van der Waals surface area (Å²) < 4.78 is 11.3. The van der Waals surface area contributed by atoms with Crippen LogP contribution in [0.3, 0.4) is 0 Å². The van der Waals surface area contributed by atoms with Crippen molar-refractivity contribution in [3.8, 4) is 11.5 Å². The quantitative estimate of drug-likeness (QED) is 0.0904. The van der Waals surface area contributed by atoms with E-state index in [0.717, 1.165) is 11.1 Å². The molecule has 0 saturated heterocycles. The van der Waals surface area contributed by atoms with Gasteiger partial charge in [0, 0.05) is 59.7 Å². The highest BCUT2D eigenvalue weighted by molar-refractivity contribution is 5.87. The number of carbonyl (C=O) groups is 4. The summed E-state index contributed by atoms with van der Waals surface area (Å²) in [6, 6.07) is 14.7. The lowest BCUT2D eigenvalue weighted by atomic mass is 9.66. The number of aliphatic hydroxyl groups excluding tert-OH is 2. The van der Waals surface area contributed by atoms with E-state index in [-0.39, 0.29) is 35.5 Å². The van der Waals surface area contributed by atoms with E-state index in [9.17, 15) is 29.4 Å². The summed E-state index contributed by atoms with van der Waals surface area (Å²) >= 11 is 0. The molecule has 0 aliphatic carbocycles. The van der Waals surface area contributed by atoms with Crippen molar-refractivity contribution in [3.05, 3.63) is 107 Å². The van der Waals surface area contributed by atoms with E-state index in [1.807, 2.05) is 31.2 Å². The molecule has 2 aromatic carbocycles. The molecule has 0 aromatic heterocycles. The number of ether oxygens (including phenoxy) is 2. The van der Waals surface area contributed by atoms with Crippen LogP contribution in [0.15, 0.2) is 96.1 Å². The van der Waals surface area contributed by atoms with Crippen molar-refractivity contribution >= 4 is 23.9 Å². The summed E-state index contributed by atoms with van der Waals surface area (Å²) in [5.41, 5.74) is 1.33. The zero-order valence-electron chi connectivity index (χ0n) is 28.6. The summed E-state index contributed by atoms with van der Waals surface area (Å²) in [6.07, 6.45) is 4.16. The molecule has 0 fully saturated rings. The van der Waals surface area contributed by atoms with Crippen LogP contribution in [0, 0.1) is 5.92 Å². The largest absolute Gasteiger partial charge is 0.494 e. The molecule has 0 aliphatic rings. The zero-order chi connectivity index (χ0) is 37.7. The van der Waals surface area contributed by atoms with Gasteiger partial charge < -0.3 is 40.1 Å². The van der Waals surface area contributed by atoms with Gasteiger partial charge in [-0.05, 0) is 63.1 Å². The van der Waals surface area contributed by atoms with Gasteiger partial charge in [-0.3, -0.25) is 0 Å². The van der Waals surface area contributed by atoms with Gasteiger partial charge in [0.05, 0.1) is 13.2 Å². The highest BCUT2D eigenvalue weighted by Gasteiger charge is 2.36. The van der Waals surface area contributed by atoms with Crippen molar-refractivity contribution in [3.63, 3.8) is 0 Å². The van der Waals surface area contributed by atoms with Crippen molar-refractivity contribution < 1.29 is 59.3 Å². The number of aliphatic hydroxyl groups is 2. The second-order valence-corrected chi connectivity index (χ2v) is 11.1. The van der Waals surface area contributed by atoms with Crippen LogP contribution in [0.1, 0.15) is 58.6 Å². The van der Waals surface area contributed by atoms with Crippen LogP contribution < -0.4 is 9.47 Å². The van der Waals surface area contributed by atoms with Crippen molar-refractivity contribution in [1.29, 1.82) is 0 Å². The highest BCUT2D eigenvalue weighted by Crippen LogP contribution is 2.42. The summed E-state index contributed by atoms with van der Waals surface area (Å²) in [7, 11) is 0. The molecular weight excluding hydrogens is 636 g/mol. The minimum atomic E-state index is -1.09. The van der Waals surface area contributed by atoms with E-state index < -0.39 is 35.2 Å². The fourth-order valence-corrected chi connectivity index (χ4v) is 3.92. The molecular formula is C37H48O12. The Morgan fingerprint density at radius 3 is 1.14 bits per heavy atom. The van der Waals surface area contributed by atoms with Gasteiger partial charge in [-0.15, -0.1) is 0 Å². The van der Waals surface area contributed by atoms with E-state index in [4.69, 9.17) is 29.9 Å². The molecule has 0 amide bonds. The van der Waals surface area contributed by atoms with Crippen LogP contribution in [0.25, 0.3) is 0 Å². The lowest BCUT2D eigenvalue weighted by Crippen LogP contribution is -2.32. The van der Waals surface area contributed by atoms with Gasteiger partial charge in [-0.25, -0.2) is 19.2 Å². The number of aliphatic carboxylic acids is 4. The first kappa shape index (κ1) is 43.8. The van der Waals surface area contributed by atoms with Crippen molar-refractivity contribution in [2.24, 2.45) is 5.92 Å². The smallest absolute Gasteiger partial charge is 0.330 e. The van der Waals surface area contributed by atoms with Gasteiger partial charge >= 0.3 is 23.9 Å². The fraction of sp³-hybridized carbons (Fsp3) is 0.351. The van der Waals surface area contributed by atoms with Crippen LogP contribution in [0.5, 0.6) is 11.5 Å². The van der Waals surface area contributed by atoms with Gasteiger partial charge in [0.1, 0.15) is 11.5 Å². The zero-order valence-corrected chi connectivity index (χ0v) is 28.6. The molecule has 0 heterocycles. The molecule has 0 spiro atoms. The number of carboxylic acid groups (broad SMARTS) is 4. The van der Waals surface area contributed by atoms with Crippen molar-refractivity contribution in [2.45, 2.75) is 52.9 Å². The summed E-state index contributed by atoms with van der Waals surface area (Å²) in [4.78, 5) is 42.6. The maximum Gasteiger partial charge on any atom is 0.330 e. The molecule has 12 heteroatoms. The second kappa shape index (κ2) is 22.4. The Kier molecular flexibility index (Phi) is 20.0. The molecule has 0 atom stereocenters. The normalized spacial score (nSPS) is 11.8. The molecule has 0 saturated carbocycles. The maximum atomic E-state index is 11.7. The predicted molar refractivity (Wildman–Crippen MR) is 185 cm³/mol. The van der Waals surface area contributed by atoms with Crippen LogP contribution >= 0.6 is 0 Å². The molecule has 2 rings (SSSR count). The molecule has 268 valence electrons. The second-order valence-electron chi connectivity index (χ2n) is 11.1. The molecule has 2 aromatic rings. The fourth-order valence-electron chi connectivity index (χ4n) is 3.92. The molecule has 0 aliphatic heterocycles. The Hall–Kier alpha value is -5.20. The van der Waals surface area contributed by atoms with Gasteiger partial charge in [0.2, 0.25) is 0 Å². The van der Waals surface area contributed by atoms with Crippen molar-refractivity contribution in [1.82, 2.24) is 0 Å². The molecule has 49 heavy (non-hydrogen) atoms. The number of benzene rings is 2. The van der Waals surface area contributed by atoms with Crippen LogP contribution in [0.2, 0.25) is 0 Å². The van der Waals surface area contributed by atoms with E-state index in [1.54, 1.807) is 36.4 Å². The lowest BCUT2D eigenvalue weighted by molar-refractivity contribution is -0.133. The summed E-state index contributed by atoms with van der Waals surface area (Å²) in [5, 5.41) is 52.9. The van der Waals surface area contributed by atoms with Gasteiger partial charge in [-0.2, -0.15) is 0 Å². The van der Waals surface area contributed by atoms with Crippen molar-refractivity contribution in [2.75, 3.05) is 26.4 Å². The number of rotatable bonds is 17. The molecule has 12 nitrogen and oxygen atoms in total. The minimum Gasteiger partial charge on any atom is -0.494 e. The topological polar surface area (TPSA) is 208 Å². The standard InChI is InChI=1S/C29H36O8.2C4H6O2/c1-20(27(32)33)18-24(19-21(2)28(34)35)29(3,22-6-10-25(11-7-22)36-16-4-14-30)23-8-12-26(13-9-23)37-17-5-15-31;2*1-3(2)4(5)6/h6-13,18-19,24,30-31H,4-5,14-17H2,1-3H3,(H,32,33)(H,34,35);2*1H2,2H3,(H,5,6). The molecule has 0 unspecified atom stereocenters. The third-order valence-corrected chi connectivity index (χ3v) is 6.98. The molecule has 0 bridgehead atoms. The minimum absolute atomic E-state index is 0.0298. The SMILES string of the molecule is C=C(C)C(=O)O.C=C(C)C(=O)O.CC(=CC(C=C(C)C(=O)O)C(C)(c1ccc(OCCCO)cc1)c1ccc(OCCCO)cc1)C(=O)O. The summed E-state index contributed by atoms with van der Waals surface area (Å²) in [5.74, 6) is -3.42. The third-order valence-electron chi connectivity index (χ3n) is 6.98. The number of allylic oxidation sites excluding steroid dienone is 2. The number of hydrogen-bond acceptors (Lipinski definition) is 8. The Balaban J connectivity index is 0.00000163. The Bertz CT molecular complexity index is 1340. The lowest BCUT2D eigenvalue weighted by Gasteiger charge is -2.37. The maximum absolute atomic E-state index is 11.7. The van der Waals surface area contributed by atoms with Gasteiger partial charge in [0.25, 0.3) is 0 Å². The van der Waals surface area contributed by atoms with Crippen LogP contribution in [0.4, 0.5) is 0 Å². The van der Waals surface area contributed by atoms with Crippen LogP contribution in [-0.2, 0) is 24.6 Å². The predicted octanol–water partition coefficient (Wildman–Crippen LogP) is 5.49. The molecule has 0 radical (unpaired) electrons. The average molecular weight is 685 g/mol. The van der Waals surface area contributed by atoms with E-state index in [1.165, 1.54) is 27.7 Å². The average Bonchev–Trinajstić information content (AvgIpc) is 3.05. The Morgan fingerprint density at radius 1 is 0.633 bits per heavy atom. The molecule has 6 N–H and O–H groups in total.